The van der Waals surface area contributed by atoms with E-state index in [1.54, 1.807) is 30.3 Å². The average molecular weight is 460 g/mol. The highest BCUT2D eigenvalue weighted by Crippen LogP contribution is 2.36. The lowest BCUT2D eigenvalue weighted by Gasteiger charge is -2.12. The van der Waals surface area contributed by atoms with E-state index in [1.807, 2.05) is 0 Å². The number of nitro groups is 1. The molecule has 9 heteroatoms. The molecule has 0 fully saturated rings. The van der Waals surface area contributed by atoms with Gasteiger partial charge in [0.2, 0.25) is 0 Å². The molecule has 0 aromatic heterocycles. The molecule has 0 bridgehead atoms. The van der Waals surface area contributed by atoms with Crippen molar-refractivity contribution >= 4 is 39.8 Å². The number of hydrogen-bond acceptors (Lipinski definition) is 6. The van der Waals surface area contributed by atoms with Crippen LogP contribution >= 0.6 is 15.9 Å². The SMILES string of the molecule is C=CCOc1c(Br)cc(/C=N\NC(=O)/C=C/c2cccc([N+](=O)[O-])c2)cc1OC. The zero-order valence-electron chi connectivity index (χ0n) is 15.5. The molecule has 2 rings (SSSR count). The number of hydrogen-bond donors (Lipinski definition) is 1. The van der Waals surface area contributed by atoms with Crippen LogP contribution in [-0.4, -0.2) is 30.8 Å². The molecule has 0 aliphatic rings. The summed E-state index contributed by atoms with van der Waals surface area (Å²) in [6.45, 7) is 3.93. The van der Waals surface area contributed by atoms with Gasteiger partial charge in [0.25, 0.3) is 11.6 Å². The van der Waals surface area contributed by atoms with Crippen LogP contribution in [0.15, 0.2) is 64.7 Å². The van der Waals surface area contributed by atoms with Gasteiger partial charge in [0.15, 0.2) is 11.5 Å². The highest BCUT2D eigenvalue weighted by molar-refractivity contribution is 9.10. The number of amides is 1. The first-order valence-electron chi connectivity index (χ1n) is 8.31. The second kappa shape index (κ2) is 10.8. The number of halogens is 1. The molecule has 0 aliphatic heterocycles. The zero-order valence-corrected chi connectivity index (χ0v) is 17.1. The number of ether oxygens (including phenoxy) is 2. The van der Waals surface area contributed by atoms with Crippen LogP contribution < -0.4 is 14.9 Å². The first kappa shape index (κ1) is 21.8. The third-order valence-corrected chi connectivity index (χ3v) is 4.08. The maximum atomic E-state index is 11.9. The lowest BCUT2D eigenvalue weighted by atomic mass is 10.2. The Morgan fingerprint density at radius 2 is 2.14 bits per heavy atom. The molecule has 8 nitrogen and oxygen atoms in total. The van der Waals surface area contributed by atoms with Crippen LogP contribution in [0.4, 0.5) is 5.69 Å². The fourth-order valence-electron chi connectivity index (χ4n) is 2.22. The molecule has 0 atom stereocenters. The summed E-state index contributed by atoms with van der Waals surface area (Å²) in [6.07, 6.45) is 5.77. The smallest absolute Gasteiger partial charge is 0.270 e. The topological polar surface area (TPSA) is 103 Å². The van der Waals surface area contributed by atoms with E-state index < -0.39 is 10.8 Å². The molecule has 1 N–H and O–H groups in total. The highest BCUT2D eigenvalue weighted by atomic mass is 79.9. The van der Waals surface area contributed by atoms with Gasteiger partial charge in [-0.25, -0.2) is 5.43 Å². The molecule has 150 valence electrons. The monoisotopic (exact) mass is 459 g/mol. The minimum atomic E-state index is -0.498. The number of carbonyl (C=O) groups is 1. The molecule has 0 heterocycles. The van der Waals surface area contributed by atoms with Gasteiger partial charge in [0.1, 0.15) is 6.61 Å². The highest BCUT2D eigenvalue weighted by Gasteiger charge is 2.10. The van der Waals surface area contributed by atoms with Crippen LogP contribution in [0.3, 0.4) is 0 Å². The van der Waals surface area contributed by atoms with Gasteiger partial charge in [-0.05, 0) is 45.3 Å². The molecule has 0 unspecified atom stereocenters. The van der Waals surface area contributed by atoms with Gasteiger partial charge in [-0.3, -0.25) is 14.9 Å². The molecule has 0 saturated heterocycles. The van der Waals surface area contributed by atoms with Crippen molar-refractivity contribution in [2.45, 2.75) is 0 Å². The van der Waals surface area contributed by atoms with Crippen LogP contribution in [-0.2, 0) is 4.79 Å². The van der Waals surface area contributed by atoms with Gasteiger partial charge >= 0.3 is 0 Å². The van der Waals surface area contributed by atoms with E-state index in [0.717, 1.165) is 0 Å². The molecule has 0 radical (unpaired) electrons. The third-order valence-electron chi connectivity index (χ3n) is 3.49. The van der Waals surface area contributed by atoms with E-state index in [9.17, 15) is 14.9 Å². The van der Waals surface area contributed by atoms with Gasteiger partial charge in [-0.15, -0.1) is 0 Å². The van der Waals surface area contributed by atoms with E-state index in [0.29, 0.717) is 33.7 Å². The van der Waals surface area contributed by atoms with Crippen molar-refractivity contribution < 1.29 is 19.2 Å². The van der Waals surface area contributed by atoms with Gasteiger partial charge in [0.05, 0.1) is 22.7 Å². The van der Waals surface area contributed by atoms with E-state index in [2.05, 4.69) is 33.0 Å². The van der Waals surface area contributed by atoms with Crippen molar-refractivity contribution in [3.8, 4) is 11.5 Å². The van der Waals surface area contributed by atoms with E-state index in [4.69, 9.17) is 9.47 Å². The number of non-ortho nitro benzene ring substituents is 1. The number of methoxy groups -OCH3 is 1. The number of nitrogens with zero attached hydrogens (tertiary/aromatic N) is 2. The molecule has 1 amide bonds. The van der Waals surface area contributed by atoms with E-state index in [-0.39, 0.29) is 5.69 Å². The Morgan fingerprint density at radius 3 is 2.83 bits per heavy atom. The fourth-order valence-corrected chi connectivity index (χ4v) is 2.79. The van der Waals surface area contributed by atoms with Crippen LogP contribution in [0.1, 0.15) is 11.1 Å². The van der Waals surface area contributed by atoms with Crippen molar-refractivity contribution in [3.05, 3.63) is 80.8 Å². The summed E-state index contributed by atoms with van der Waals surface area (Å²) in [5.74, 6) is 0.553. The second-order valence-electron chi connectivity index (χ2n) is 5.55. The quantitative estimate of drug-likeness (QED) is 0.200. The Balaban J connectivity index is 2.02. The summed E-state index contributed by atoms with van der Waals surface area (Å²) in [7, 11) is 1.52. The summed E-state index contributed by atoms with van der Waals surface area (Å²) in [5, 5.41) is 14.7. The summed E-state index contributed by atoms with van der Waals surface area (Å²) in [6, 6.07) is 9.41. The first-order valence-corrected chi connectivity index (χ1v) is 9.10. The van der Waals surface area contributed by atoms with Crippen molar-refractivity contribution in [3.63, 3.8) is 0 Å². The van der Waals surface area contributed by atoms with Gasteiger partial charge < -0.3 is 9.47 Å². The largest absolute Gasteiger partial charge is 0.493 e. The van der Waals surface area contributed by atoms with Crippen LogP contribution in [0.5, 0.6) is 11.5 Å². The molecule has 0 spiro atoms. The van der Waals surface area contributed by atoms with Crippen LogP contribution in [0, 0.1) is 10.1 Å². The Labute approximate surface area is 175 Å². The first-order chi connectivity index (χ1) is 13.9. The number of rotatable bonds is 9. The van der Waals surface area contributed by atoms with Gasteiger partial charge in [-0.1, -0.05) is 24.8 Å². The summed E-state index contributed by atoms with van der Waals surface area (Å²) < 4.78 is 11.5. The van der Waals surface area contributed by atoms with E-state index in [1.165, 1.54) is 37.6 Å². The Hall–Kier alpha value is -3.46. The van der Waals surface area contributed by atoms with Crippen molar-refractivity contribution in [2.24, 2.45) is 5.10 Å². The van der Waals surface area contributed by atoms with Crippen LogP contribution in [0.2, 0.25) is 0 Å². The minimum Gasteiger partial charge on any atom is -0.493 e. The molecular formula is C20H18BrN3O5. The van der Waals surface area contributed by atoms with Crippen LogP contribution in [0.25, 0.3) is 6.08 Å². The predicted octanol–water partition coefficient (Wildman–Crippen LogP) is 4.09. The number of carbonyl (C=O) groups excluding carboxylic acids is 1. The Morgan fingerprint density at radius 1 is 1.34 bits per heavy atom. The normalized spacial score (nSPS) is 10.8. The van der Waals surface area contributed by atoms with E-state index >= 15 is 0 Å². The fraction of sp³-hybridized carbons (Fsp3) is 0.100. The molecule has 0 saturated carbocycles. The predicted molar refractivity (Wildman–Crippen MR) is 114 cm³/mol. The summed E-state index contributed by atoms with van der Waals surface area (Å²) in [4.78, 5) is 22.1. The third kappa shape index (κ3) is 6.58. The molecule has 0 aliphatic carbocycles. The standard InChI is InChI=1S/C20H18BrN3O5/c1-3-9-29-20-17(21)11-15(12-18(20)28-2)13-22-23-19(25)8-7-14-5-4-6-16(10-14)24(26)27/h3-8,10-13H,1,9H2,2H3,(H,23,25)/b8-7+,22-13-. The molecule has 29 heavy (non-hydrogen) atoms. The van der Waals surface area contributed by atoms with Crippen molar-refractivity contribution in [2.75, 3.05) is 13.7 Å². The van der Waals surface area contributed by atoms with Crippen molar-refractivity contribution in [1.29, 1.82) is 0 Å². The number of nitro benzene ring substituents is 1. The molecular weight excluding hydrogens is 442 g/mol. The Bertz CT molecular complexity index is 973. The minimum absolute atomic E-state index is 0.0504. The summed E-state index contributed by atoms with van der Waals surface area (Å²) in [5.41, 5.74) is 3.50. The number of nitrogens with one attached hydrogen (secondary N) is 1. The maximum Gasteiger partial charge on any atom is 0.270 e. The van der Waals surface area contributed by atoms with Gasteiger partial charge in [0, 0.05) is 18.2 Å². The Kier molecular flexibility index (Phi) is 8.11. The zero-order chi connectivity index (χ0) is 21.2. The molecule has 2 aromatic rings. The summed E-state index contributed by atoms with van der Waals surface area (Å²) >= 11 is 3.41. The van der Waals surface area contributed by atoms with Crippen molar-refractivity contribution in [1.82, 2.24) is 5.43 Å². The number of benzene rings is 2. The molecule has 2 aromatic carbocycles. The average Bonchev–Trinajstić information content (AvgIpc) is 2.71. The maximum absolute atomic E-state index is 11.9. The van der Waals surface area contributed by atoms with Gasteiger partial charge in [-0.2, -0.15) is 5.10 Å². The lowest BCUT2D eigenvalue weighted by molar-refractivity contribution is -0.384. The second-order valence-corrected chi connectivity index (χ2v) is 6.41. The lowest BCUT2D eigenvalue weighted by Crippen LogP contribution is -2.14. The number of hydrazone groups is 1.